The minimum Gasteiger partial charge on any atom is -0.504 e. The van der Waals surface area contributed by atoms with Crippen molar-refractivity contribution in [2.45, 2.75) is 31.2 Å². The molecule has 0 spiro atoms. The number of hydrogen-bond acceptors (Lipinski definition) is 3. The van der Waals surface area contributed by atoms with Crippen LogP contribution in [0.15, 0.2) is 18.2 Å². The lowest BCUT2D eigenvalue weighted by Gasteiger charge is -2.30. The SMILES string of the molecule is Oc1cccc2c1OCCC2C1CCCN1. The molecule has 0 radical (unpaired) electrons. The highest BCUT2D eigenvalue weighted by atomic mass is 16.5. The number of rotatable bonds is 1. The van der Waals surface area contributed by atoms with Crippen LogP contribution in [0.25, 0.3) is 0 Å². The first kappa shape index (κ1) is 9.97. The Morgan fingerprint density at radius 1 is 1.31 bits per heavy atom. The van der Waals surface area contributed by atoms with Crippen molar-refractivity contribution < 1.29 is 9.84 Å². The molecule has 0 amide bonds. The molecule has 2 aliphatic rings. The molecule has 2 heterocycles. The molecule has 1 saturated heterocycles. The second-order valence-corrected chi connectivity index (χ2v) is 4.64. The molecule has 0 aromatic heterocycles. The molecule has 2 N–H and O–H groups in total. The maximum atomic E-state index is 9.77. The molecule has 2 atom stereocenters. The molecule has 0 aliphatic carbocycles. The average Bonchev–Trinajstić information content (AvgIpc) is 2.82. The number of phenolic OH excluding ortho intramolecular Hbond substituents is 1. The van der Waals surface area contributed by atoms with E-state index in [4.69, 9.17) is 4.74 Å². The fraction of sp³-hybridized carbons (Fsp3) is 0.538. The van der Waals surface area contributed by atoms with Crippen LogP contribution in [0.5, 0.6) is 11.5 Å². The molecule has 3 nitrogen and oxygen atoms in total. The van der Waals surface area contributed by atoms with Gasteiger partial charge in [-0.25, -0.2) is 0 Å². The third-order valence-corrected chi connectivity index (χ3v) is 3.68. The number of ether oxygens (including phenoxy) is 1. The van der Waals surface area contributed by atoms with Gasteiger partial charge in [-0.05, 0) is 31.9 Å². The van der Waals surface area contributed by atoms with Crippen LogP contribution in [-0.2, 0) is 0 Å². The quantitative estimate of drug-likeness (QED) is 0.759. The first-order chi connectivity index (χ1) is 7.86. The molecule has 3 rings (SSSR count). The Bertz CT molecular complexity index is 386. The second-order valence-electron chi connectivity index (χ2n) is 4.64. The summed E-state index contributed by atoms with van der Waals surface area (Å²) < 4.78 is 5.57. The van der Waals surface area contributed by atoms with E-state index in [1.807, 2.05) is 6.07 Å². The number of nitrogens with one attached hydrogen (secondary N) is 1. The van der Waals surface area contributed by atoms with Gasteiger partial charge in [-0.1, -0.05) is 12.1 Å². The van der Waals surface area contributed by atoms with Crippen LogP contribution in [0.2, 0.25) is 0 Å². The molecule has 2 unspecified atom stereocenters. The topological polar surface area (TPSA) is 41.5 Å². The molecule has 86 valence electrons. The molecule has 0 saturated carbocycles. The molecule has 0 bridgehead atoms. The third-order valence-electron chi connectivity index (χ3n) is 3.68. The molecular weight excluding hydrogens is 202 g/mol. The molecule has 16 heavy (non-hydrogen) atoms. The van der Waals surface area contributed by atoms with Crippen LogP contribution in [0.1, 0.15) is 30.7 Å². The number of benzene rings is 1. The van der Waals surface area contributed by atoms with E-state index in [2.05, 4.69) is 11.4 Å². The third kappa shape index (κ3) is 1.55. The summed E-state index contributed by atoms with van der Waals surface area (Å²) in [6.45, 7) is 1.84. The van der Waals surface area contributed by atoms with Crippen molar-refractivity contribution in [2.75, 3.05) is 13.2 Å². The zero-order chi connectivity index (χ0) is 11.0. The summed E-state index contributed by atoms with van der Waals surface area (Å²) in [6.07, 6.45) is 3.55. The Labute approximate surface area is 95.4 Å². The van der Waals surface area contributed by atoms with Crippen molar-refractivity contribution in [3.63, 3.8) is 0 Å². The van der Waals surface area contributed by atoms with Crippen molar-refractivity contribution >= 4 is 0 Å². The van der Waals surface area contributed by atoms with Crippen LogP contribution in [0, 0.1) is 0 Å². The van der Waals surface area contributed by atoms with Gasteiger partial charge in [-0.15, -0.1) is 0 Å². The lowest BCUT2D eigenvalue weighted by atomic mass is 9.86. The monoisotopic (exact) mass is 219 g/mol. The van der Waals surface area contributed by atoms with Gasteiger partial charge in [0, 0.05) is 17.5 Å². The van der Waals surface area contributed by atoms with Crippen LogP contribution in [-0.4, -0.2) is 24.3 Å². The summed E-state index contributed by atoms with van der Waals surface area (Å²) in [6, 6.07) is 6.25. The highest BCUT2D eigenvalue weighted by Crippen LogP contribution is 2.42. The first-order valence-corrected chi connectivity index (χ1v) is 6.04. The summed E-state index contributed by atoms with van der Waals surface area (Å²) in [5.74, 6) is 1.48. The van der Waals surface area contributed by atoms with Gasteiger partial charge in [0.2, 0.25) is 0 Å². The van der Waals surface area contributed by atoms with E-state index in [1.165, 1.54) is 18.4 Å². The predicted octanol–water partition coefficient (Wildman–Crippen LogP) is 2.01. The molecule has 1 aromatic rings. The van der Waals surface area contributed by atoms with E-state index in [0.717, 1.165) is 13.0 Å². The highest BCUT2D eigenvalue weighted by molar-refractivity contribution is 5.49. The van der Waals surface area contributed by atoms with Gasteiger partial charge in [-0.3, -0.25) is 0 Å². The fourth-order valence-electron chi connectivity index (χ4n) is 2.91. The zero-order valence-corrected chi connectivity index (χ0v) is 9.28. The standard InChI is InChI=1S/C13H17NO2/c15-12-5-1-3-10-9(6-8-16-13(10)12)11-4-2-7-14-11/h1,3,5,9,11,14-15H,2,4,6-8H2. The van der Waals surface area contributed by atoms with Crippen LogP contribution < -0.4 is 10.1 Å². The van der Waals surface area contributed by atoms with Crippen molar-refractivity contribution in [3.8, 4) is 11.5 Å². The lowest BCUT2D eigenvalue weighted by Crippen LogP contribution is -2.32. The van der Waals surface area contributed by atoms with Gasteiger partial charge in [0.1, 0.15) is 0 Å². The van der Waals surface area contributed by atoms with Crippen LogP contribution in [0.4, 0.5) is 0 Å². The Kier molecular flexibility index (Phi) is 2.48. The zero-order valence-electron chi connectivity index (χ0n) is 9.28. The average molecular weight is 219 g/mol. The fourth-order valence-corrected chi connectivity index (χ4v) is 2.91. The minimum atomic E-state index is 0.278. The van der Waals surface area contributed by atoms with E-state index in [0.29, 0.717) is 24.3 Å². The van der Waals surface area contributed by atoms with E-state index in [1.54, 1.807) is 6.07 Å². The number of hydrogen-bond donors (Lipinski definition) is 2. The lowest BCUT2D eigenvalue weighted by molar-refractivity contribution is 0.239. The number of phenols is 1. The van der Waals surface area contributed by atoms with E-state index < -0.39 is 0 Å². The van der Waals surface area contributed by atoms with E-state index >= 15 is 0 Å². The molecule has 1 fully saturated rings. The van der Waals surface area contributed by atoms with Crippen LogP contribution >= 0.6 is 0 Å². The van der Waals surface area contributed by atoms with Gasteiger partial charge < -0.3 is 15.2 Å². The Morgan fingerprint density at radius 2 is 2.25 bits per heavy atom. The Balaban J connectivity index is 1.96. The molecular formula is C13H17NO2. The number of fused-ring (bicyclic) bond motifs is 1. The molecule has 1 aromatic carbocycles. The number of para-hydroxylation sites is 1. The maximum Gasteiger partial charge on any atom is 0.164 e. The minimum absolute atomic E-state index is 0.278. The Hall–Kier alpha value is -1.22. The Morgan fingerprint density at radius 3 is 3.06 bits per heavy atom. The van der Waals surface area contributed by atoms with Gasteiger partial charge in [0.05, 0.1) is 6.61 Å². The van der Waals surface area contributed by atoms with Crippen molar-refractivity contribution in [1.29, 1.82) is 0 Å². The normalized spacial score (nSPS) is 28.5. The molecule has 3 heteroatoms. The first-order valence-electron chi connectivity index (χ1n) is 6.04. The summed E-state index contributed by atoms with van der Waals surface area (Å²) in [7, 11) is 0. The van der Waals surface area contributed by atoms with Gasteiger partial charge in [0.25, 0.3) is 0 Å². The molecule has 2 aliphatic heterocycles. The summed E-state index contributed by atoms with van der Waals surface area (Å²) in [5, 5.41) is 13.3. The summed E-state index contributed by atoms with van der Waals surface area (Å²) in [4.78, 5) is 0. The second kappa shape index (κ2) is 3.98. The van der Waals surface area contributed by atoms with Gasteiger partial charge in [-0.2, -0.15) is 0 Å². The van der Waals surface area contributed by atoms with Crippen LogP contribution in [0.3, 0.4) is 0 Å². The van der Waals surface area contributed by atoms with Crippen molar-refractivity contribution in [3.05, 3.63) is 23.8 Å². The van der Waals surface area contributed by atoms with Gasteiger partial charge >= 0.3 is 0 Å². The van der Waals surface area contributed by atoms with E-state index in [-0.39, 0.29) is 5.75 Å². The maximum absolute atomic E-state index is 9.77. The highest BCUT2D eigenvalue weighted by Gasteiger charge is 2.31. The summed E-state index contributed by atoms with van der Waals surface area (Å²) in [5.41, 5.74) is 1.17. The predicted molar refractivity (Wildman–Crippen MR) is 62.0 cm³/mol. The van der Waals surface area contributed by atoms with Crippen molar-refractivity contribution in [1.82, 2.24) is 5.32 Å². The van der Waals surface area contributed by atoms with E-state index in [9.17, 15) is 5.11 Å². The number of aromatic hydroxyl groups is 1. The largest absolute Gasteiger partial charge is 0.504 e. The summed E-state index contributed by atoms with van der Waals surface area (Å²) >= 11 is 0. The smallest absolute Gasteiger partial charge is 0.164 e. The van der Waals surface area contributed by atoms with Gasteiger partial charge in [0.15, 0.2) is 11.5 Å². The van der Waals surface area contributed by atoms with Crippen molar-refractivity contribution in [2.24, 2.45) is 0 Å².